The summed E-state index contributed by atoms with van der Waals surface area (Å²) < 4.78 is 27.2. The van der Waals surface area contributed by atoms with Crippen molar-refractivity contribution in [1.82, 2.24) is 19.9 Å². The number of piperazine rings is 1. The van der Waals surface area contributed by atoms with E-state index in [2.05, 4.69) is 29.8 Å². The molecule has 2 aromatic rings. The van der Waals surface area contributed by atoms with Crippen molar-refractivity contribution in [2.24, 2.45) is 4.99 Å². The molecule has 2 N–H and O–H groups in total. The molecule has 1 fully saturated rings. The second-order valence-corrected chi connectivity index (χ2v) is 8.56. The van der Waals surface area contributed by atoms with E-state index in [0.29, 0.717) is 12.5 Å². The molecule has 13 heteroatoms. The van der Waals surface area contributed by atoms with E-state index in [-0.39, 0.29) is 41.1 Å². The lowest BCUT2D eigenvalue weighted by atomic mass is 10.3. The first-order valence-corrected chi connectivity index (χ1v) is 11.2. The number of guanidine groups is 1. The van der Waals surface area contributed by atoms with Crippen LogP contribution in [-0.4, -0.2) is 75.5 Å². The Morgan fingerprint density at radius 3 is 2.53 bits per heavy atom. The summed E-state index contributed by atoms with van der Waals surface area (Å²) in [5.74, 6) is 1.64. The fraction of sp³-hybridized carbons (Fsp3) is 0.368. The molecular weight excluding hydrogens is 549 g/mol. The number of non-ortho nitro benzene ring substituents is 1. The number of aromatic nitrogens is 1. The Hall–Kier alpha value is -2.52. The van der Waals surface area contributed by atoms with Gasteiger partial charge in [0, 0.05) is 64.6 Å². The van der Waals surface area contributed by atoms with Crippen LogP contribution in [0.4, 0.5) is 11.5 Å². The third-order valence-corrected chi connectivity index (χ3v) is 6.26. The van der Waals surface area contributed by atoms with E-state index < -0.39 is 14.9 Å². The molecule has 1 saturated heterocycles. The highest BCUT2D eigenvalue weighted by atomic mass is 127. The zero-order chi connectivity index (χ0) is 22.3. The van der Waals surface area contributed by atoms with Gasteiger partial charge in [0.15, 0.2) is 5.96 Å². The maximum atomic E-state index is 12.4. The van der Waals surface area contributed by atoms with Gasteiger partial charge in [-0.2, -0.15) is 0 Å². The van der Waals surface area contributed by atoms with Gasteiger partial charge in [-0.1, -0.05) is 12.1 Å². The molecule has 11 nitrogen and oxygen atoms in total. The number of nitro groups is 1. The van der Waals surface area contributed by atoms with Crippen LogP contribution in [0.2, 0.25) is 0 Å². The van der Waals surface area contributed by atoms with Gasteiger partial charge in [0.2, 0.25) is 10.0 Å². The minimum Gasteiger partial charge on any atom is -0.355 e. The van der Waals surface area contributed by atoms with Crippen LogP contribution >= 0.6 is 24.0 Å². The summed E-state index contributed by atoms with van der Waals surface area (Å²) in [6.45, 7) is 3.55. The fourth-order valence-electron chi connectivity index (χ4n) is 3.23. The van der Waals surface area contributed by atoms with Gasteiger partial charge in [0.25, 0.3) is 5.69 Å². The van der Waals surface area contributed by atoms with E-state index in [1.807, 2.05) is 18.2 Å². The zero-order valence-electron chi connectivity index (χ0n) is 17.5. The first kappa shape index (κ1) is 25.7. The van der Waals surface area contributed by atoms with E-state index in [1.54, 1.807) is 13.2 Å². The SMILES string of the molecule is CN=C(NCCNS(=O)(=O)c1cccc([N+](=O)[O-])c1)N1CCN(c2ccccn2)CC1.I. The predicted molar refractivity (Wildman–Crippen MR) is 133 cm³/mol. The second-order valence-electron chi connectivity index (χ2n) is 6.79. The summed E-state index contributed by atoms with van der Waals surface area (Å²) >= 11 is 0. The Labute approximate surface area is 204 Å². The van der Waals surface area contributed by atoms with Crippen LogP contribution in [0, 0.1) is 10.1 Å². The van der Waals surface area contributed by atoms with Gasteiger partial charge in [-0.3, -0.25) is 15.1 Å². The first-order chi connectivity index (χ1) is 14.9. The summed E-state index contributed by atoms with van der Waals surface area (Å²) in [6, 6.07) is 10.8. The van der Waals surface area contributed by atoms with Crippen molar-refractivity contribution in [3.63, 3.8) is 0 Å². The molecule has 1 aromatic heterocycles. The lowest BCUT2D eigenvalue weighted by Gasteiger charge is -2.37. The minimum absolute atomic E-state index is 0. The van der Waals surface area contributed by atoms with Crippen molar-refractivity contribution >= 4 is 51.5 Å². The Bertz CT molecular complexity index is 1030. The Morgan fingerprint density at radius 1 is 1.16 bits per heavy atom. The summed E-state index contributed by atoms with van der Waals surface area (Å²) in [5.41, 5.74) is -0.272. The zero-order valence-corrected chi connectivity index (χ0v) is 20.7. The molecule has 0 saturated carbocycles. The summed E-state index contributed by atoms with van der Waals surface area (Å²) in [7, 11) is -2.16. The third-order valence-electron chi connectivity index (χ3n) is 4.80. The average molecular weight is 575 g/mol. The summed E-state index contributed by atoms with van der Waals surface area (Å²) in [6.07, 6.45) is 1.77. The van der Waals surface area contributed by atoms with Crippen molar-refractivity contribution in [2.75, 3.05) is 51.2 Å². The Balaban J connectivity index is 0.00000363. The van der Waals surface area contributed by atoms with E-state index >= 15 is 0 Å². The molecule has 0 aliphatic carbocycles. The number of benzene rings is 1. The third kappa shape index (κ3) is 6.74. The van der Waals surface area contributed by atoms with E-state index in [9.17, 15) is 18.5 Å². The molecule has 1 aliphatic heterocycles. The molecule has 32 heavy (non-hydrogen) atoms. The van der Waals surface area contributed by atoms with Gasteiger partial charge >= 0.3 is 0 Å². The normalized spacial score (nSPS) is 14.6. The summed E-state index contributed by atoms with van der Waals surface area (Å²) in [5, 5.41) is 14.0. The predicted octanol–water partition coefficient (Wildman–Crippen LogP) is 1.28. The number of aliphatic imine (C=N–C) groups is 1. The number of nitrogens with one attached hydrogen (secondary N) is 2. The van der Waals surface area contributed by atoms with Crippen molar-refractivity contribution in [3.05, 3.63) is 58.8 Å². The molecule has 0 atom stereocenters. The lowest BCUT2D eigenvalue weighted by Crippen LogP contribution is -2.53. The van der Waals surface area contributed by atoms with Crippen molar-refractivity contribution in [1.29, 1.82) is 0 Å². The maximum Gasteiger partial charge on any atom is 0.270 e. The highest BCUT2D eigenvalue weighted by Gasteiger charge is 2.21. The average Bonchev–Trinajstić information content (AvgIpc) is 2.80. The van der Waals surface area contributed by atoms with Crippen LogP contribution in [0.25, 0.3) is 0 Å². The Morgan fingerprint density at radius 2 is 1.91 bits per heavy atom. The van der Waals surface area contributed by atoms with E-state index in [0.717, 1.165) is 38.1 Å². The second kappa shape index (κ2) is 11.9. The molecule has 1 aliphatic rings. The molecule has 0 amide bonds. The molecule has 2 heterocycles. The molecule has 3 rings (SSSR count). The van der Waals surface area contributed by atoms with Gasteiger partial charge < -0.3 is 15.1 Å². The quantitative estimate of drug-likeness (QED) is 0.126. The minimum atomic E-state index is -3.85. The van der Waals surface area contributed by atoms with Gasteiger partial charge in [-0.15, -0.1) is 24.0 Å². The number of nitro benzene ring substituents is 1. The van der Waals surface area contributed by atoms with Gasteiger partial charge in [0.05, 0.1) is 9.82 Å². The molecule has 0 radical (unpaired) electrons. The monoisotopic (exact) mass is 575 g/mol. The molecule has 0 bridgehead atoms. The van der Waals surface area contributed by atoms with Crippen LogP contribution in [-0.2, 0) is 10.0 Å². The van der Waals surface area contributed by atoms with Crippen molar-refractivity contribution in [3.8, 4) is 0 Å². The van der Waals surface area contributed by atoms with Gasteiger partial charge in [-0.05, 0) is 18.2 Å². The van der Waals surface area contributed by atoms with Crippen LogP contribution in [0.15, 0.2) is 58.5 Å². The standard InChI is InChI=1S/C19H25N7O4S.HI/c1-20-19(25-13-11-24(12-14-25)18-7-2-3-8-21-18)22-9-10-23-31(29,30)17-6-4-5-16(15-17)26(27)28;/h2-8,15,23H,9-14H2,1H3,(H,20,22);1H. The molecule has 174 valence electrons. The first-order valence-electron chi connectivity index (χ1n) is 9.76. The number of hydrogen-bond acceptors (Lipinski definition) is 7. The number of nitrogens with zero attached hydrogens (tertiary/aromatic N) is 5. The topological polar surface area (TPSA) is 133 Å². The van der Waals surface area contributed by atoms with Gasteiger partial charge in [-0.25, -0.2) is 18.1 Å². The molecule has 0 unspecified atom stereocenters. The number of halogens is 1. The van der Waals surface area contributed by atoms with Crippen molar-refractivity contribution < 1.29 is 13.3 Å². The number of sulfonamides is 1. The smallest absolute Gasteiger partial charge is 0.270 e. The number of hydrogen-bond donors (Lipinski definition) is 2. The number of pyridine rings is 1. The highest BCUT2D eigenvalue weighted by molar-refractivity contribution is 14.0. The molecular formula is C19H26IN7O4S. The maximum absolute atomic E-state index is 12.4. The fourth-order valence-corrected chi connectivity index (χ4v) is 4.30. The van der Waals surface area contributed by atoms with Crippen LogP contribution < -0.4 is 14.9 Å². The number of rotatable bonds is 7. The van der Waals surface area contributed by atoms with Crippen LogP contribution in [0.5, 0.6) is 0 Å². The lowest BCUT2D eigenvalue weighted by molar-refractivity contribution is -0.385. The van der Waals surface area contributed by atoms with E-state index in [1.165, 1.54) is 18.2 Å². The van der Waals surface area contributed by atoms with Crippen LogP contribution in [0.1, 0.15) is 0 Å². The van der Waals surface area contributed by atoms with Crippen LogP contribution in [0.3, 0.4) is 0 Å². The van der Waals surface area contributed by atoms with Gasteiger partial charge in [0.1, 0.15) is 5.82 Å². The number of anilines is 1. The summed E-state index contributed by atoms with van der Waals surface area (Å²) in [4.78, 5) is 23.1. The Kier molecular flexibility index (Phi) is 9.59. The van der Waals surface area contributed by atoms with E-state index in [4.69, 9.17) is 0 Å². The highest BCUT2D eigenvalue weighted by Crippen LogP contribution is 2.17. The molecule has 0 spiro atoms. The molecule has 1 aromatic carbocycles. The largest absolute Gasteiger partial charge is 0.355 e. The van der Waals surface area contributed by atoms with Crippen molar-refractivity contribution in [2.45, 2.75) is 4.90 Å².